The second-order valence-electron chi connectivity index (χ2n) is 4.68. The van der Waals surface area contributed by atoms with E-state index in [1.165, 1.54) is 0 Å². The molecule has 0 radical (unpaired) electrons. The first-order valence-electron chi connectivity index (χ1n) is 6.60. The van der Waals surface area contributed by atoms with E-state index in [2.05, 4.69) is 29.1 Å². The highest BCUT2D eigenvalue weighted by atomic mass is 16.5. The monoisotopic (exact) mass is 268 g/mol. The molecule has 3 N–H and O–H groups in total. The number of nitrogens with one attached hydrogen (secondary N) is 1. The summed E-state index contributed by atoms with van der Waals surface area (Å²) in [5.74, 6) is 2.29. The van der Waals surface area contributed by atoms with E-state index in [-0.39, 0.29) is 0 Å². The number of hydrogen-bond acceptors (Lipinski definition) is 6. The lowest BCUT2D eigenvalue weighted by molar-refractivity contribution is 0.144. The van der Waals surface area contributed by atoms with Gasteiger partial charge in [-0.2, -0.15) is 4.98 Å². The highest BCUT2D eigenvalue weighted by Gasteiger charge is 2.13. The molecule has 0 aliphatic rings. The number of hydrogen-bond donors (Lipinski definition) is 2. The second-order valence-corrected chi connectivity index (χ2v) is 4.68. The van der Waals surface area contributed by atoms with Crippen LogP contribution in [0.2, 0.25) is 0 Å². The largest absolute Gasteiger partial charge is 0.474 e. The Morgan fingerprint density at radius 2 is 2.00 bits per heavy atom. The van der Waals surface area contributed by atoms with Crippen LogP contribution in [0.15, 0.2) is 0 Å². The minimum atomic E-state index is 0.421. The van der Waals surface area contributed by atoms with Gasteiger partial charge in [0.25, 0.3) is 0 Å². The number of aromatic nitrogens is 2. The molecule has 0 saturated carbocycles. The predicted molar refractivity (Wildman–Crippen MR) is 76.5 cm³/mol. The van der Waals surface area contributed by atoms with Crippen LogP contribution in [0, 0.1) is 5.92 Å². The van der Waals surface area contributed by atoms with E-state index < -0.39 is 0 Å². The molecule has 0 aliphatic carbocycles. The molecule has 19 heavy (non-hydrogen) atoms. The number of nitrogen functional groups attached to an aromatic ring is 1. The van der Waals surface area contributed by atoms with Crippen molar-refractivity contribution in [2.45, 2.75) is 27.2 Å². The highest BCUT2D eigenvalue weighted by molar-refractivity contribution is 5.66. The lowest BCUT2D eigenvalue weighted by Crippen LogP contribution is -2.13. The summed E-state index contributed by atoms with van der Waals surface area (Å²) >= 11 is 0. The minimum absolute atomic E-state index is 0.421. The van der Waals surface area contributed by atoms with E-state index in [0.717, 1.165) is 18.8 Å². The molecular formula is C13H24N4O2. The number of anilines is 2. The molecule has 1 heterocycles. The molecule has 6 heteroatoms. The van der Waals surface area contributed by atoms with E-state index in [1.54, 1.807) is 7.11 Å². The van der Waals surface area contributed by atoms with Crippen LogP contribution in [0.5, 0.6) is 5.88 Å². The lowest BCUT2D eigenvalue weighted by Gasteiger charge is -2.14. The van der Waals surface area contributed by atoms with Crippen molar-refractivity contribution < 1.29 is 9.47 Å². The zero-order valence-electron chi connectivity index (χ0n) is 12.2. The molecule has 0 spiro atoms. The van der Waals surface area contributed by atoms with Crippen molar-refractivity contribution >= 4 is 11.5 Å². The number of methoxy groups -OCH3 is 1. The predicted octanol–water partition coefficient (Wildman–Crippen LogP) is 1.71. The third-order valence-electron chi connectivity index (χ3n) is 2.42. The first-order chi connectivity index (χ1) is 9.08. The van der Waals surface area contributed by atoms with Gasteiger partial charge in [-0.15, -0.1) is 0 Å². The zero-order valence-corrected chi connectivity index (χ0v) is 12.2. The van der Waals surface area contributed by atoms with Crippen LogP contribution in [0.4, 0.5) is 11.5 Å². The summed E-state index contributed by atoms with van der Waals surface area (Å²) < 4.78 is 10.5. The summed E-state index contributed by atoms with van der Waals surface area (Å²) in [5.41, 5.74) is 6.45. The van der Waals surface area contributed by atoms with Crippen LogP contribution in [-0.4, -0.2) is 36.8 Å². The molecular weight excluding hydrogens is 244 g/mol. The fraction of sp³-hybridized carbons (Fsp3) is 0.692. The molecule has 0 aliphatic heterocycles. The van der Waals surface area contributed by atoms with Crippen molar-refractivity contribution in [3.63, 3.8) is 0 Å². The topological polar surface area (TPSA) is 82.3 Å². The quantitative estimate of drug-likeness (QED) is 0.698. The van der Waals surface area contributed by atoms with Crippen molar-refractivity contribution in [3.8, 4) is 5.88 Å². The van der Waals surface area contributed by atoms with Crippen LogP contribution in [0.25, 0.3) is 0 Å². The van der Waals surface area contributed by atoms with Crippen molar-refractivity contribution in [3.05, 3.63) is 5.82 Å². The van der Waals surface area contributed by atoms with Gasteiger partial charge < -0.3 is 20.5 Å². The van der Waals surface area contributed by atoms with E-state index in [9.17, 15) is 0 Å². The Balaban J connectivity index is 2.94. The standard InChI is InChI=1S/C13H24N4O2/c1-5-15-12-11(14)13(19-7-6-18-4)17-10(16-12)8-9(2)3/h9H,5-8,14H2,1-4H3,(H,15,16,17). The third kappa shape index (κ3) is 4.90. The van der Waals surface area contributed by atoms with Crippen LogP contribution >= 0.6 is 0 Å². The maximum Gasteiger partial charge on any atom is 0.242 e. The van der Waals surface area contributed by atoms with Crippen molar-refractivity contribution in [2.75, 3.05) is 37.9 Å². The van der Waals surface area contributed by atoms with Gasteiger partial charge >= 0.3 is 0 Å². The Labute approximate surface area is 114 Å². The first-order valence-corrected chi connectivity index (χ1v) is 6.60. The van der Waals surface area contributed by atoms with Gasteiger partial charge in [-0.1, -0.05) is 13.8 Å². The van der Waals surface area contributed by atoms with Crippen molar-refractivity contribution in [1.29, 1.82) is 0 Å². The summed E-state index contributed by atoms with van der Waals surface area (Å²) in [5, 5.41) is 3.13. The SMILES string of the molecule is CCNc1nc(CC(C)C)nc(OCCOC)c1N. The van der Waals surface area contributed by atoms with Gasteiger partial charge in [0.2, 0.25) is 5.88 Å². The lowest BCUT2D eigenvalue weighted by atomic mass is 10.1. The number of nitrogens with zero attached hydrogens (tertiary/aromatic N) is 2. The van der Waals surface area contributed by atoms with Crippen LogP contribution < -0.4 is 15.8 Å². The smallest absolute Gasteiger partial charge is 0.242 e. The van der Waals surface area contributed by atoms with E-state index in [4.69, 9.17) is 15.2 Å². The van der Waals surface area contributed by atoms with E-state index >= 15 is 0 Å². The van der Waals surface area contributed by atoms with Crippen LogP contribution in [0.3, 0.4) is 0 Å². The number of ether oxygens (including phenoxy) is 2. The highest BCUT2D eigenvalue weighted by Crippen LogP contribution is 2.26. The Morgan fingerprint density at radius 1 is 1.26 bits per heavy atom. The Hall–Kier alpha value is -1.56. The van der Waals surface area contributed by atoms with Gasteiger partial charge in [0.05, 0.1) is 6.61 Å². The second kappa shape index (κ2) is 7.78. The van der Waals surface area contributed by atoms with Gasteiger partial charge in [-0.25, -0.2) is 4.98 Å². The zero-order chi connectivity index (χ0) is 14.3. The fourth-order valence-corrected chi connectivity index (χ4v) is 1.58. The molecule has 0 bridgehead atoms. The molecule has 1 aromatic rings. The average molecular weight is 268 g/mol. The molecule has 1 rings (SSSR count). The molecule has 0 atom stereocenters. The van der Waals surface area contributed by atoms with Crippen molar-refractivity contribution in [2.24, 2.45) is 5.92 Å². The van der Waals surface area contributed by atoms with Crippen LogP contribution in [-0.2, 0) is 11.2 Å². The number of nitrogens with two attached hydrogens (primary N) is 1. The van der Waals surface area contributed by atoms with Gasteiger partial charge in [-0.05, 0) is 12.8 Å². The number of rotatable bonds is 8. The van der Waals surface area contributed by atoms with E-state index in [0.29, 0.717) is 36.5 Å². The van der Waals surface area contributed by atoms with Gasteiger partial charge in [0, 0.05) is 20.1 Å². The molecule has 6 nitrogen and oxygen atoms in total. The Kier molecular flexibility index (Phi) is 6.35. The molecule has 1 aromatic heterocycles. The molecule has 0 unspecified atom stereocenters. The maximum atomic E-state index is 6.00. The summed E-state index contributed by atoms with van der Waals surface area (Å²) in [6, 6.07) is 0. The molecule has 0 aromatic carbocycles. The third-order valence-corrected chi connectivity index (χ3v) is 2.42. The molecule has 0 amide bonds. The van der Waals surface area contributed by atoms with Gasteiger partial charge in [-0.3, -0.25) is 0 Å². The summed E-state index contributed by atoms with van der Waals surface area (Å²) in [7, 11) is 1.63. The normalized spacial score (nSPS) is 10.8. The maximum absolute atomic E-state index is 6.00. The Bertz CT molecular complexity index is 396. The van der Waals surface area contributed by atoms with Gasteiger partial charge in [0.1, 0.15) is 18.1 Å². The average Bonchev–Trinajstić information content (AvgIpc) is 2.34. The van der Waals surface area contributed by atoms with Crippen molar-refractivity contribution in [1.82, 2.24) is 9.97 Å². The Morgan fingerprint density at radius 3 is 2.58 bits per heavy atom. The minimum Gasteiger partial charge on any atom is -0.474 e. The fourth-order valence-electron chi connectivity index (χ4n) is 1.58. The molecule has 108 valence electrons. The molecule has 0 saturated heterocycles. The molecule has 0 fully saturated rings. The summed E-state index contributed by atoms with van der Waals surface area (Å²) in [6.07, 6.45) is 0.791. The van der Waals surface area contributed by atoms with E-state index in [1.807, 2.05) is 6.92 Å². The summed E-state index contributed by atoms with van der Waals surface area (Å²) in [6.45, 7) is 7.91. The van der Waals surface area contributed by atoms with Crippen LogP contribution in [0.1, 0.15) is 26.6 Å². The first kappa shape index (κ1) is 15.5. The summed E-state index contributed by atoms with van der Waals surface area (Å²) in [4.78, 5) is 8.81. The van der Waals surface area contributed by atoms with Gasteiger partial charge in [0.15, 0.2) is 5.82 Å².